The third-order valence-corrected chi connectivity index (χ3v) is 4.12. The van der Waals surface area contributed by atoms with Gasteiger partial charge in [-0.25, -0.2) is 0 Å². The van der Waals surface area contributed by atoms with Crippen molar-refractivity contribution in [1.29, 1.82) is 0 Å². The van der Waals surface area contributed by atoms with E-state index in [0.29, 0.717) is 26.0 Å². The molecule has 2 unspecified atom stereocenters. The Morgan fingerprint density at radius 2 is 1.84 bits per heavy atom. The molecule has 1 aliphatic rings. The van der Waals surface area contributed by atoms with Gasteiger partial charge in [-0.3, -0.25) is 9.69 Å². The van der Waals surface area contributed by atoms with Crippen LogP contribution in [0, 0.1) is 0 Å². The summed E-state index contributed by atoms with van der Waals surface area (Å²) in [6.07, 6.45) is 1.69. The van der Waals surface area contributed by atoms with Crippen LogP contribution in [0.15, 0.2) is 24.3 Å². The van der Waals surface area contributed by atoms with Crippen LogP contribution in [0.4, 0.5) is 0 Å². The Morgan fingerprint density at radius 3 is 2.48 bits per heavy atom. The Bertz CT molecular complexity index is 511. The Labute approximate surface area is 150 Å². The summed E-state index contributed by atoms with van der Waals surface area (Å²) < 4.78 is 16.4. The SMILES string of the molecule is COc1ccc(OCCCC(=O)NCCN2CC(C)OC(C)C2)cc1. The van der Waals surface area contributed by atoms with E-state index in [1.807, 2.05) is 24.3 Å². The molecule has 25 heavy (non-hydrogen) atoms. The average molecular weight is 350 g/mol. The second kappa shape index (κ2) is 10.3. The molecule has 1 aromatic rings. The van der Waals surface area contributed by atoms with Gasteiger partial charge in [0.05, 0.1) is 25.9 Å². The first kappa shape index (κ1) is 19.5. The molecule has 1 heterocycles. The molecule has 0 aromatic heterocycles. The third-order valence-electron chi connectivity index (χ3n) is 4.12. The maximum Gasteiger partial charge on any atom is 0.220 e. The standard InChI is InChI=1S/C19H30N2O4/c1-15-13-21(14-16(2)25-15)11-10-20-19(22)5-4-12-24-18-8-6-17(23-3)7-9-18/h6-9,15-16H,4-5,10-14H2,1-3H3,(H,20,22). The van der Waals surface area contributed by atoms with Gasteiger partial charge in [0.25, 0.3) is 0 Å². The summed E-state index contributed by atoms with van der Waals surface area (Å²) in [4.78, 5) is 14.2. The molecule has 0 spiro atoms. The summed E-state index contributed by atoms with van der Waals surface area (Å²) in [5, 5.41) is 2.98. The lowest BCUT2D eigenvalue weighted by atomic mass is 10.2. The number of morpholine rings is 1. The number of carbonyl (C=O) groups is 1. The molecule has 2 atom stereocenters. The largest absolute Gasteiger partial charge is 0.497 e. The fraction of sp³-hybridized carbons (Fsp3) is 0.632. The van der Waals surface area contributed by atoms with Gasteiger partial charge < -0.3 is 19.5 Å². The van der Waals surface area contributed by atoms with E-state index in [0.717, 1.165) is 31.1 Å². The first-order valence-electron chi connectivity index (χ1n) is 8.98. The first-order chi connectivity index (χ1) is 12.1. The van der Waals surface area contributed by atoms with Crippen molar-refractivity contribution in [3.05, 3.63) is 24.3 Å². The molecule has 1 fully saturated rings. The van der Waals surface area contributed by atoms with Crippen LogP contribution in [0.3, 0.4) is 0 Å². The summed E-state index contributed by atoms with van der Waals surface area (Å²) in [7, 11) is 1.63. The van der Waals surface area contributed by atoms with E-state index >= 15 is 0 Å². The van der Waals surface area contributed by atoms with Gasteiger partial charge in [0, 0.05) is 32.6 Å². The van der Waals surface area contributed by atoms with E-state index in [9.17, 15) is 4.79 Å². The van der Waals surface area contributed by atoms with Crippen LogP contribution in [0.2, 0.25) is 0 Å². The van der Waals surface area contributed by atoms with Gasteiger partial charge in [-0.15, -0.1) is 0 Å². The lowest BCUT2D eigenvalue weighted by molar-refractivity contribution is -0.121. The molecule has 6 nitrogen and oxygen atoms in total. The van der Waals surface area contributed by atoms with Crippen LogP contribution >= 0.6 is 0 Å². The number of methoxy groups -OCH3 is 1. The molecule has 1 aromatic carbocycles. The molecule has 1 amide bonds. The highest BCUT2D eigenvalue weighted by Gasteiger charge is 2.21. The highest BCUT2D eigenvalue weighted by molar-refractivity contribution is 5.75. The van der Waals surface area contributed by atoms with Crippen LogP contribution in [0.5, 0.6) is 11.5 Å². The van der Waals surface area contributed by atoms with Gasteiger partial charge in [-0.1, -0.05) is 0 Å². The molecule has 1 saturated heterocycles. The zero-order valence-corrected chi connectivity index (χ0v) is 15.5. The molecule has 1 aliphatic heterocycles. The van der Waals surface area contributed by atoms with Crippen LogP contribution in [0.1, 0.15) is 26.7 Å². The zero-order chi connectivity index (χ0) is 18.1. The summed E-state index contributed by atoms with van der Waals surface area (Å²) in [6.45, 7) is 8.10. The van der Waals surface area contributed by atoms with Crippen LogP contribution in [0.25, 0.3) is 0 Å². The number of hydrogen-bond donors (Lipinski definition) is 1. The van der Waals surface area contributed by atoms with Crippen molar-refractivity contribution in [3.8, 4) is 11.5 Å². The number of carbonyl (C=O) groups excluding carboxylic acids is 1. The quantitative estimate of drug-likeness (QED) is 0.691. The van der Waals surface area contributed by atoms with E-state index in [1.165, 1.54) is 0 Å². The summed E-state index contributed by atoms with van der Waals surface area (Å²) in [5.41, 5.74) is 0. The van der Waals surface area contributed by atoms with Crippen molar-refractivity contribution in [1.82, 2.24) is 10.2 Å². The Balaban J connectivity index is 1.53. The van der Waals surface area contributed by atoms with Gasteiger partial charge in [-0.2, -0.15) is 0 Å². The van der Waals surface area contributed by atoms with Crippen molar-refractivity contribution < 1.29 is 19.0 Å². The van der Waals surface area contributed by atoms with E-state index in [1.54, 1.807) is 7.11 Å². The summed E-state index contributed by atoms with van der Waals surface area (Å²) in [6, 6.07) is 7.44. The molecular formula is C19H30N2O4. The van der Waals surface area contributed by atoms with Crippen LogP contribution < -0.4 is 14.8 Å². The molecule has 0 bridgehead atoms. The minimum atomic E-state index is 0.0766. The van der Waals surface area contributed by atoms with E-state index in [-0.39, 0.29) is 18.1 Å². The molecule has 0 radical (unpaired) electrons. The first-order valence-corrected chi connectivity index (χ1v) is 8.98. The number of rotatable bonds is 9. The minimum absolute atomic E-state index is 0.0766. The number of nitrogens with zero attached hydrogens (tertiary/aromatic N) is 1. The van der Waals surface area contributed by atoms with Gasteiger partial charge in [0.15, 0.2) is 0 Å². The lowest BCUT2D eigenvalue weighted by Gasteiger charge is -2.35. The van der Waals surface area contributed by atoms with Gasteiger partial charge in [-0.05, 0) is 44.5 Å². The maximum absolute atomic E-state index is 11.9. The Kier molecular flexibility index (Phi) is 8.01. The van der Waals surface area contributed by atoms with E-state index < -0.39 is 0 Å². The lowest BCUT2D eigenvalue weighted by Crippen LogP contribution is -2.47. The topological polar surface area (TPSA) is 60.0 Å². The molecule has 0 aliphatic carbocycles. The van der Waals surface area contributed by atoms with Gasteiger partial charge in [0.2, 0.25) is 5.91 Å². The van der Waals surface area contributed by atoms with E-state index in [4.69, 9.17) is 14.2 Å². The van der Waals surface area contributed by atoms with Crippen molar-refractivity contribution in [2.75, 3.05) is 39.9 Å². The van der Waals surface area contributed by atoms with Gasteiger partial charge >= 0.3 is 0 Å². The van der Waals surface area contributed by atoms with Gasteiger partial charge in [0.1, 0.15) is 11.5 Å². The number of amides is 1. The molecule has 6 heteroatoms. The van der Waals surface area contributed by atoms with Crippen molar-refractivity contribution in [2.24, 2.45) is 0 Å². The predicted molar refractivity (Wildman–Crippen MR) is 97.2 cm³/mol. The second-order valence-electron chi connectivity index (χ2n) is 6.49. The Morgan fingerprint density at radius 1 is 1.20 bits per heavy atom. The minimum Gasteiger partial charge on any atom is -0.497 e. The van der Waals surface area contributed by atoms with Crippen molar-refractivity contribution >= 4 is 5.91 Å². The maximum atomic E-state index is 11.9. The normalized spacial score (nSPS) is 20.9. The second-order valence-corrected chi connectivity index (χ2v) is 6.49. The van der Waals surface area contributed by atoms with Crippen molar-refractivity contribution in [2.45, 2.75) is 38.9 Å². The number of nitrogens with one attached hydrogen (secondary N) is 1. The van der Waals surface area contributed by atoms with Crippen LogP contribution in [-0.4, -0.2) is 62.9 Å². The van der Waals surface area contributed by atoms with Crippen molar-refractivity contribution in [3.63, 3.8) is 0 Å². The molecule has 0 saturated carbocycles. The fourth-order valence-corrected chi connectivity index (χ4v) is 3.00. The molecular weight excluding hydrogens is 320 g/mol. The number of ether oxygens (including phenoxy) is 3. The molecule has 140 valence electrons. The zero-order valence-electron chi connectivity index (χ0n) is 15.5. The summed E-state index contributed by atoms with van der Waals surface area (Å²) in [5.74, 6) is 1.67. The third kappa shape index (κ3) is 7.32. The highest BCUT2D eigenvalue weighted by atomic mass is 16.5. The fourth-order valence-electron chi connectivity index (χ4n) is 3.00. The summed E-state index contributed by atoms with van der Waals surface area (Å²) >= 11 is 0. The highest BCUT2D eigenvalue weighted by Crippen LogP contribution is 2.17. The predicted octanol–water partition coefficient (Wildman–Crippen LogP) is 2.08. The monoisotopic (exact) mass is 350 g/mol. The Hall–Kier alpha value is -1.79. The average Bonchev–Trinajstić information content (AvgIpc) is 2.58. The molecule has 1 N–H and O–H groups in total. The van der Waals surface area contributed by atoms with E-state index in [2.05, 4.69) is 24.1 Å². The molecule has 2 rings (SSSR count). The number of benzene rings is 1. The smallest absolute Gasteiger partial charge is 0.220 e. The number of hydrogen-bond acceptors (Lipinski definition) is 5. The van der Waals surface area contributed by atoms with Crippen LogP contribution in [-0.2, 0) is 9.53 Å².